The highest BCUT2D eigenvalue weighted by Gasteiger charge is 2.07. The summed E-state index contributed by atoms with van der Waals surface area (Å²) in [6.07, 6.45) is 1.22. The SMILES string of the molecule is CCCN(CCN(C)C)Cc1ccc(Br)s1. The van der Waals surface area contributed by atoms with E-state index in [1.165, 1.54) is 21.6 Å². The Hall–Kier alpha value is 0.1000. The normalized spacial score (nSPS) is 11.6. The van der Waals surface area contributed by atoms with Crippen molar-refractivity contribution >= 4 is 27.3 Å². The molecule has 0 saturated heterocycles. The maximum Gasteiger partial charge on any atom is 0.0701 e. The molecule has 92 valence electrons. The van der Waals surface area contributed by atoms with Crippen LogP contribution in [-0.2, 0) is 6.54 Å². The number of rotatable bonds is 7. The van der Waals surface area contributed by atoms with Gasteiger partial charge in [0.1, 0.15) is 0 Å². The minimum absolute atomic E-state index is 1.08. The number of nitrogens with zero attached hydrogens (tertiary/aromatic N) is 2. The van der Waals surface area contributed by atoms with Gasteiger partial charge < -0.3 is 4.90 Å². The summed E-state index contributed by atoms with van der Waals surface area (Å²) < 4.78 is 1.23. The summed E-state index contributed by atoms with van der Waals surface area (Å²) in [6.45, 7) is 6.79. The molecular formula is C12H21BrN2S. The molecule has 0 saturated carbocycles. The molecular weight excluding hydrogens is 284 g/mol. The van der Waals surface area contributed by atoms with Gasteiger partial charge >= 0.3 is 0 Å². The van der Waals surface area contributed by atoms with Crippen molar-refractivity contribution in [2.75, 3.05) is 33.7 Å². The third-order valence-corrected chi connectivity index (χ3v) is 4.02. The van der Waals surface area contributed by atoms with Crippen molar-refractivity contribution in [1.82, 2.24) is 9.80 Å². The molecule has 0 fully saturated rings. The Morgan fingerprint density at radius 2 is 1.94 bits per heavy atom. The van der Waals surface area contributed by atoms with Gasteiger partial charge in [0.25, 0.3) is 0 Å². The van der Waals surface area contributed by atoms with Gasteiger partial charge in [-0.25, -0.2) is 0 Å². The molecule has 1 heterocycles. The van der Waals surface area contributed by atoms with Crippen LogP contribution < -0.4 is 0 Å². The van der Waals surface area contributed by atoms with Crippen LogP contribution in [0.2, 0.25) is 0 Å². The van der Waals surface area contributed by atoms with E-state index in [-0.39, 0.29) is 0 Å². The fourth-order valence-electron chi connectivity index (χ4n) is 1.58. The molecule has 0 atom stereocenters. The molecule has 0 spiro atoms. The van der Waals surface area contributed by atoms with E-state index in [1.54, 1.807) is 0 Å². The Morgan fingerprint density at radius 3 is 2.44 bits per heavy atom. The van der Waals surface area contributed by atoms with Crippen molar-refractivity contribution in [1.29, 1.82) is 0 Å². The van der Waals surface area contributed by atoms with E-state index in [0.717, 1.165) is 19.6 Å². The van der Waals surface area contributed by atoms with E-state index < -0.39 is 0 Å². The molecule has 0 aliphatic rings. The molecule has 16 heavy (non-hydrogen) atoms. The molecule has 0 N–H and O–H groups in total. The number of thiophene rings is 1. The Bertz CT molecular complexity index is 299. The topological polar surface area (TPSA) is 6.48 Å². The molecule has 0 unspecified atom stereocenters. The van der Waals surface area contributed by atoms with Crippen LogP contribution in [0.5, 0.6) is 0 Å². The van der Waals surface area contributed by atoms with Gasteiger partial charge in [-0.1, -0.05) is 6.92 Å². The van der Waals surface area contributed by atoms with Gasteiger partial charge in [0, 0.05) is 24.5 Å². The van der Waals surface area contributed by atoms with Gasteiger partial charge in [-0.3, -0.25) is 4.90 Å². The van der Waals surface area contributed by atoms with Crippen LogP contribution >= 0.6 is 27.3 Å². The molecule has 0 aliphatic heterocycles. The van der Waals surface area contributed by atoms with Crippen LogP contribution in [0.3, 0.4) is 0 Å². The van der Waals surface area contributed by atoms with Crippen LogP contribution in [0.4, 0.5) is 0 Å². The molecule has 1 aromatic rings. The molecule has 0 radical (unpaired) electrons. The standard InChI is InChI=1S/C12H21BrN2S/c1-4-7-15(9-8-14(2)3)10-11-5-6-12(13)16-11/h5-6H,4,7-10H2,1-3H3. The molecule has 2 nitrogen and oxygen atoms in total. The fourth-order valence-corrected chi connectivity index (χ4v) is 3.11. The third-order valence-electron chi connectivity index (χ3n) is 2.41. The smallest absolute Gasteiger partial charge is 0.0701 e. The molecule has 0 bridgehead atoms. The highest BCUT2D eigenvalue weighted by Crippen LogP contribution is 2.23. The van der Waals surface area contributed by atoms with E-state index in [2.05, 4.69) is 58.9 Å². The Kier molecular flexibility index (Phi) is 6.58. The minimum atomic E-state index is 1.08. The van der Waals surface area contributed by atoms with Gasteiger partial charge in [-0.05, 0) is 55.1 Å². The monoisotopic (exact) mass is 304 g/mol. The molecule has 4 heteroatoms. The van der Waals surface area contributed by atoms with Crippen LogP contribution in [0.1, 0.15) is 18.2 Å². The first kappa shape index (κ1) is 14.2. The summed E-state index contributed by atoms with van der Waals surface area (Å²) in [5.41, 5.74) is 0. The largest absolute Gasteiger partial charge is 0.308 e. The van der Waals surface area contributed by atoms with Crippen molar-refractivity contribution in [2.24, 2.45) is 0 Å². The summed E-state index contributed by atoms with van der Waals surface area (Å²) in [4.78, 5) is 6.21. The number of likely N-dealkylation sites (N-methyl/N-ethyl adjacent to an activating group) is 1. The highest BCUT2D eigenvalue weighted by molar-refractivity contribution is 9.11. The predicted octanol–water partition coefficient (Wildman–Crippen LogP) is 3.28. The number of hydrogen-bond donors (Lipinski definition) is 0. The number of halogens is 1. The van der Waals surface area contributed by atoms with Crippen LogP contribution in [0.25, 0.3) is 0 Å². The van der Waals surface area contributed by atoms with Crippen LogP contribution in [0, 0.1) is 0 Å². The Morgan fingerprint density at radius 1 is 1.19 bits per heavy atom. The third kappa shape index (κ3) is 5.43. The van der Waals surface area contributed by atoms with Crippen molar-refractivity contribution in [3.05, 3.63) is 20.8 Å². The molecule has 0 aliphatic carbocycles. The van der Waals surface area contributed by atoms with E-state index in [1.807, 2.05) is 11.3 Å². The van der Waals surface area contributed by atoms with E-state index in [0.29, 0.717) is 0 Å². The first-order chi connectivity index (χ1) is 7.61. The average Bonchev–Trinajstić information content (AvgIpc) is 2.61. The first-order valence-corrected chi connectivity index (χ1v) is 7.34. The van der Waals surface area contributed by atoms with Gasteiger partial charge in [0.15, 0.2) is 0 Å². The zero-order chi connectivity index (χ0) is 12.0. The lowest BCUT2D eigenvalue weighted by atomic mass is 10.3. The fraction of sp³-hybridized carbons (Fsp3) is 0.667. The molecule has 1 rings (SSSR count). The summed E-state index contributed by atoms with van der Waals surface area (Å²) in [7, 11) is 4.26. The summed E-state index contributed by atoms with van der Waals surface area (Å²) in [5.74, 6) is 0. The van der Waals surface area contributed by atoms with E-state index >= 15 is 0 Å². The summed E-state index contributed by atoms with van der Waals surface area (Å²) >= 11 is 5.35. The predicted molar refractivity (Wildman–Crippen MR) is 76.1 cm³/mol. The van der Waals surface area contributed by atoms with Crippen molar-refractivity contribution in [3.8, 4) is 0 Å². The van der Waals surface area contributed by atoms with E-state index in [4.69, 9.17) is 0 Å². The molecule has 0 aromatic carbocycles. The zero-order valence-corrected chi connectivity index (χ0v) is 12.8. The molecule has 0 amide bonds. The van der Waals surface area contributed by atoms with Gasteiger partial charge in [0.05, 0.1) is 3.79 Å². The maximum absolute atomic E-state index is 3.52. The quantitative estimate of drug-likeness (QED) is 0.763. The Balaban J connectivity index is 2.43. The zero-order valence-electron chi connectivity index (χ0n) is 10.4. The van der Waals surface area contributed by atoms with Crippen molar-refractivity contribution in [2.45, 2.75) is 19.9 Å². The van der Waals surface area contributed by atoms with Gasteiger partial charge in [-0.15, -0.1) is 11.3 Å². The van der Waals surface area contributed by atoms with Crippen LogP contribution in [-0.4, -0.2) is 43.5 Å². The second-order valence-corrected chi connectivity index (χ2v) is 6.83. The highest BCUT2D eigenvalue weighted by atomic mass is 79.9. The summed E-state index contributed by atoms with van der Waals surface area (Å²) in [5, 5.41) is 0. The lowest BCUT2D eigenvalue weighted by Crippen LogP contribution is -2.31. The van der Waals surface area contributed by atoms with Crippen molar-refractivity contribution in [3.63, 3.8) is 0 Å². The van der Waals surface area contributed by atoms with Gasteiger partial charge in [-0.2, -0.15) is 0 Å². The lowest BCUT2D eigenvalue weighted by Gasteiger charge is -2.22. The maximum atomic E-state index is 3.52. The Labute approximate surface area is 111 Å². The summed E-state index contributed by atoms with van der Waals surface area (Å²) in [6, 6.07) is 4.35. The lowest BCUT2D eigenvalue weighted by molar-refractivity contribution is 0.235. The second kappa shape index (κ2) is 7.43. The average molecular weight is 305 g/mol. The first-order valence-electron chi connectivity index (χ1n) is 5.73. The van der Waals surface area contributed by atoms with Crippen LogP contribution in [0.15, 0.2) is 15.9 Å². The number of hydrogen-bond acceptors (Lipinski definition) is 3. The minimum Gasteiger partial charge on any atom is -0.308 e. The van der Waals surface area contributed by atoms with Crippen molar-refractivity contribution < 1.29 is 0 Å². The van der Waals surface area contributed by atoms with Gasteiger partial charge in [0.2, 0.25) is 0 Å². The van der Waals surface area contributed by atoms with E-state index in [9.17, 15) is 0 Å². The molecule has 1 aromatic heterocycles. The second-order valence-electron chi connectivity index (χ2n) is 4.29.